The van der Waals surface area contributed by atoms with E-state index in [2.05, 4.69) is 28.4 Å². The minimum absolute atomic E-state index is 0. The first-order valence-electron chi connectivity index (χ1n) is 10.2. The summed E-state index contributed by atoms with van der Waals surface area (Å²) in [6.07, 6.45) is 16.3. The minimum Gasteiger partial charge on any atom is -0.357 e. The molecule has 1 aromatic rings. The Morgan fingerprint density at radius 3 is 2.58 bits per heavy atom. The first-order valence-corrected chi connectivity index (χ1v) is 10.2. The monoisotopic (exact) mass is 473 g/mol. The van der Waals surface area contributed by atoms with Crippen LogP contribution in [0.4, 0.5) is 0 Å². The zero-order valence-electron chi connectivity index (χ0n) is 16.5. The lowest BCUT2D eigenvalue weighted by atomic mass is 9.74. The molecule has 2 fully saturated rings. The zero-order valence-corrected chi connectivity index (χ0v) is 18.9. The third-order valence-corrected chi connectivity index (χ3v) is 5.88. The lowest BCUT2D eigenvalue weighted by Crippen LogP contribution is -2.50. The average Bonchev–Trinajstić information content (AvgIpc) is 2.90. The predicted octanol–water partition coefficient (Wildman–Crippen LogP) is 3.98. The van der Waals surface area contributed by atoms with Gasteiger partial charge in [-0.15, -0.1) is 24.0 Å². The van der Waals surface area contributed by atoms with Gasteiger partial charge in [-0.25, -0.2) is 0 Å². The molecule has 1 aliphatic heterocycles. The summed E-state index contributed by atoms with van der Waals surface area (Å²) in [4.78, 5) is 7.48. The summed E-state index contributed by atoms with van der Waals surface area (Å²) in [5.74, 6) is 1.12. The molecule has 0 bridgehead atoms. The normalized spacial score (nSPS) is 20.5. The smallest absolute Gasteiger partial charge is 0.193 e. The van der Waals surface area contributed by atoms with Gasteiger partial charge in [0, 0.05) is 39.4 Å². The van der Waals surface area contributed by atoms with E-state index in [1.165, 1.54) is 63.5 Å². The Labute approximate surface area is 176 Å². The van der Waals surface area contributed by atoms with Crippen LogP contribution in [-0.4, -0.2) is 46.8 Å². The highest BCUT2D eigenvalue weighted by atomic mass is 127. The highest BCUT2D eigenvalue weighted by Crippen LogP contribution is 2.42. The van der Waals surface area contributed by atoms with Crippen LogP contribution in [0.5, 0.6) is 0 Å². The van der Waals surface area contributed by atoms with Crippen molar-refractivity contribution < 1.29 is 0 Å². The Kier molecular flexibility index (Phi) is 8.70. The van der Waals surface area contributed by atoms with E-state index < -0.39 is 0 Å². The average molecular weight is 473 g/mol. The molecule has 1 N–H and O–H groups in total. The fourth-order valence-corrected chi connectivity index (χ4v) is 4.59. The molecule has 1 saturated carbocycles. The summed E-state index contributed by atoms with van der Waals surface area (Å²) in [6, 6.07) is 0. The number of likely N-dealkylation sites (tertiary alicyclic amines) is 1. The summed E-state index contributed by atoms with van der Waals surface area (Å²) >= 11 is 0. The van der Waals surface area contributed by atoms with Gasteiger partial charge in [-0.1, -0.05) is 25.7 Å². The van der Waals surface area contributed by atoms with Crippen LogP contribution in [0.25, 0.3) is 0 Å². The summed E-state index contributed by atoms with van der Waals surface area (Å²) in [6.45, 7) is 6.29. The molecule has 1 spiro atoms. The number of halogens is 1. The summed E-state index contributed by atoms with van der Waals surface area (Å²) < 4.78 is 1.87. The van der Waals surface area contributed by atoms with Crippen LogP contribution >= 0.6 is 24.0 Å². The first kappa shape index (κ1) is 21.5. The second-order valence-corrected chi connectivity index (χ2v) is 7.95. The number of aliphatic imine (C=N–C) groups is 1. The third kappa shape index (κ3) is 5.86. The Morgan fingerprint density at radius 1 is 1.19 bits per heavy atom. The van der Waals surface area contributed by atoms with Gasteiger partial charge in [-0.2, -0.15) is 5.10 Å². The molecule has 1 aromatic heterocycles. The van der Waals surface area contributed by atoms with Crippen LogP contribution in [0.15, 0.2) is 17.4 Å². The maximum Gasteiger partial charge on any atom is 0.193 e. The fraction of sp³-hybridized carbons (Fsp3) is 0.800. The van der Waals surface area contributed by atoms with Gasteiger partial charge in [0.25, 0.3) is 0 Å². The van der Waals surface area contributed by atoms with Gasteiger partial charge in [0.2, 0.25) is 0 Å². The highest BCUT2D eigenvalue weighted by molar-refractivity contribution is 14.0. The zero-order chi connectivity index (χ0) is 17.5. The second kappa shape index (κ2) is 10.5. The fourth-order valence-electron chi connectivity index (χ4n) is 4.59. The first-order chi connectivity index (χ1) is 12.2. The number of hydrogen-bond acceptors (Lipinski definition) is 2. The number of rotatable bonds is 4. The Hall–Kier alpha value is -0.790. The molecule has 2 heterocycles. The van der Waals surface area contributed by atoms with Crippen molar-refractivity contribution in [2.75, 3.05) is 26.2 Å². The van der Waals surface area contributed by atoms with Crippen molar-refractivity contribution in [1.29, 1.82) is 0 Å². The molecule has 5 nitrogen and oxygen atoms in total. The van der Waals surface area contributed by atoms with Crippen LogP contribution in [0.3, 0.4) is 0 Å². The molecule has 0 unspecified atom stereocenters. The second-order valence-electron chi connectivity index (χ2n) is 7.95. The van der Waals surface area contributed by atoms with E-state index in [1.807, 2.05) is 17.9 Å². The van der Waals surface area contributed by atoms with Crippen molar-refractivity contribution in [3.8, 4) is 0 Å². The van der Waals surface area contributed by atoms with Gasteiger partial charge in [0.05, 0.1) is 6.20 Å². The van der Waals surface area contributed by atoms with E-state index in [0.29, 0.717) is 5.41 Å². The highest BCUT2D eigenvalue weighted by Gasteiger charge is 2.36. The van der Waals surface area contributed by atoms with Crippen LogP contribution in [0, 0.1) is 5.41 Å². The topological polar surface area (TPSA) is 45.5 Å². The standard InChI is InChI=1S/C20H35N5.HI/c1-3-21-19(22-13-9-18-15-23-24(2)16-18)25-14-8-12-20(17-25)10-6-4-5-7-11-20;/h15-16H,3-14,17H2,1-2H3,(H,21,22);1H. The van der Waals surface area contributed by atoms with Crippen molar-refractivity contribution in [2.24, 2.45) is 17.5 Å². The molecule has 0 radical (unpaired) electrons. The number of nitrogens with one attached hydrogen (secondary N) is 1. The molecule has 0 atom stereocenters. The Balaban J connectivity index is 0.00000243. The van der Waals surface area contributed by atoms with Crippen molar-refractivity contribution >= 4 is 29.9 Å². The van der Waals surface area contributed by atoms with E-state index in [0.717, 1.165) is 32.0 Å². The lowest BCUT2D eigenvalue weighted by molar-refractivity contribution is 0.115. The quantitative estimate of drug-likeness (QED) is 0.409. The van der Waals surface area contributed by atoms with Gasteiger partial charge in [-0.3, -0.25) is 9.67 Å². The molecular weight excluding hydrogens is 437 g/mol. The van der Waals surface area contributed by atoms with Crippen molar-refractivity contribution in [3.05, 3.63) is 18.0 Å². The van der Waals surface area contributed by atoms with E-state index in [9.17, 15) is 0 Å². The van der Waals surface area contributed by atoms with E-state index >= 15 is 0 Å². The summed E-state index contributed by atoms with van der Waals surface area (Å²) in [5, 5.41) is 7.79. The molecule has 26 heavy (non-hydrogen) atoms. The molecule has 2 aliphatic rings. The van der Waals surface area contributed by atoms with Gasteiger partial charge >= 0.3 is 0 Å². The number of aryl methyl sites for hydroxylation is 1. The van der Waals surface area contributed by atoms with Crippen molar-refractivity contribution in [1.82, 2.24) is 20.0 Å². The van der Waals surface area contributed by atoms with Gasteiger partial charge in [0.15, 0.2) is 5.96 Å². The van der Waals surface area contributed by atoms with Crippen LogP contribution < -0.4 is 5.32 Å². The summed E-state index contributed by atoms with van der Waals surface area (Å²) in [5.41, 5.74) is 1.81. The van der Waals surface area contributed by atoms with Gasteiger partial charge in [0.1, 0.15) is 0 Å². The van der Waals surface area contributed by atoms with Gasteiger partial charge < -0.3 is 10.2 Å². The molecular formula is C20H36IN5. The molecule has 6 heteroatoms. The molecule has 3 rings (SSSR count). The Bertz CT molecular complexity index is 560. The van der Waals surface area contributed by atoms with Crippen molar-refractivity contribution in [2.45, 2.75) is 64.7 Å². The summed E-state index contributed by atoms with van der Waals surface area (Å²) in [7, 11) is 1.97. The van der Waals surface area contributed by atoms with Crippen LogP contribution in [0.1, 0.15) is 63.9 Å². The van der Waals surface area contributed by atoms with Crippen molar-refractivity contribution in [3.63, 3.8) is 0 Å². The Morgan fingerprint density at radius 2 is 1.92 bits per heavy atom. The lowest BCUT2D eigenvalue weighted by Gasteiger charge is -2.44. The van der Waals surface area contributed by atoms with E-state index in [4.69, 9.17) is 4.99 Å². The molecule has 0 aromatic carbocycles. The number of piperidine rings is 1. The maximum absolute atomic E-state index is 4.94. The molecule has 1 saturated heterocycles. The largest absolute Gasteiger partial charge is 0.357 e. The molecule has 1 aliphatic carbocycles. The number of nitrogens with zero attached hydrogens (tertiary/aromatic N) is 4. The number of guanidine groups is 1. The van der Waals surface area contributed by atoms with E-state index in [1.54, 1.807) is 0 Å². The van der Waals surface area contributed by atoms with Crippen LogP contribution in [0.2, 0.25) is 0 Å². The van der Waals surface area contributed by atoms with Crippen LogP contribution in [-0.2, 0) is 13.5 Å². The number of hydrogen-bond donors (Lipinski definition) is 1. The minimum atomic E-state index is 0. The third-order valence-electron chi connectivity index (χ3n) is 5.88. The SMILES string of the molecule is CCNC(=NCCc1cnn(C)c1)N1CCCC2(CCCCCC2)C1.I. The predicted molar refractivity (Wildman–Crippen MR) is 119 cm³/mol. The van der Waals surface area contributed by atoms with E-state index in [-0.39, 0.29) is 24.0 Å². The number of aromatic nitrogens is 2. The molecule has 0 amide bonds. The molecule has 148 valence electrons. The maximum atomic E-state index is 4.94. The van der Waals surface area contributed by atoms with Gasteiger partial charge in [-0.05, 0) is 50.0 Å².